The van der Waals surface area contributed by atoms with Crippen LogP contribution in [-0.2, 0) is 9.59 Å². The van der Waals surface area contributed by atoms with Crippen LogP contribution in [0.2, 0.25) is 10.0 Å². The number of hydrogen-bond acceptors (Lipinski definition) is 3. The molecule has 2 N–H and O–H groups in total. The molecule has 0 aliphatic heterocycles. The largest absolute Gasteiger partial charge is 0.325 e. The second-order valence-electron chi connectivity index (χ2n) is 5.79. The van der Waals surface area contributed by atoms with E-state index in [1.54, 1.807) is 30.1 Å². The summed E-state index contributed by atoms with van der Waals surface area (Å²) >= 11 is 11.8. The zero-order chi connectivity index (χ0) is 18.4. The van der Waals surface area contributed by atoms with Gasteiger partial charge in [0.1, 0.15) is 0 Å². The van der Waals surface area contributed by atoms with Crippen LogP contribution in [0.5, 0.6) is 0 Å². The quantitative estimate of drug-likeness (QED) is 0.801. The molecule has 7 heteroatoms. The first kappa shape index (κ1) is 19.2. The number of likely N-dealkylation sites (N-methyl/N-ethyl adjacent to an activating group) is 1. The smallest absolute Gasteiger partial charge is 0.238 e. The Labute approximate surface area is 156 Å². The number of carbonyl (C=O) groups excluding carboxylic acids is 2. The Hall–Kier alpha value is -2.08. The summed E-state index contributed by atoms with van der Waals surface area (Å²) in [4.78, 5) is 25.7. The van der Waals surface area contributed by atoms with Crippen LogP contribution in [0.25, 0.3) is 0 Å². The lowest BCUT2D eigenvalue weighted by Gasteiger charge is -2.16. The van der Waals surface area contributed by atoms with Gasteiger partial charge < -0.3 is 10.6 Å². The van der Waals surface area contributed by atoms with Gasteiger partial charge in [0.2, 0.25) is 11.8 Å². The van der Waals surface area contributed by atoms with Crippen molar-refractivity contribution < 1.29 is 9.59 Å². The first-order valence-corrected chi connectivity index (χ1v) is 8.38. The van der Waals surface area contributed by atoms with Gasteiger partial charge in [0.15, 0.2) is 0 Å². The van der Waals surface area contributed by atoms with Gasteiger partial charge >= 0.3 is 0 Å². The van der Waals surface area contributed by atoms with Crippen LogP contribution in [0.4, 0.5) is 11.4 Å². The third-order valence-electron chi connectivity index (χ3n) is 3.31. The molecule has 0 spiro atoms. The number of carbonyl (C=O) groups is 2. The number of amides is 2. The maximum Gasteiger partial charge on any atom is 0.238 e. The number of hydrogen-bond donors (Lipinski definition) is 2. The number of nitrogens with one attached hydrogen (secondary N) is 2. The Morgan fingerprint density at radius 3 is 1.88 bits per heavy atom. The van der Waals surface area contributed by atoms with Gasteiger partial charge in [-0.15, -0.1) is 0 Å². The Morgan fingerprint density at radius 2 is 1.36 bits per heavy atom. The van der Waals surface area contributed by atoms with Crippen molar-refractivity contribution in [1.29, 1.82) is 0 Å². The van der Waals surface area contributed by atoms with Gasteiger partial charge in [-0.25, -0.2) is 0 Å². The number of aryl methyl sites for hydroxylation is 1. The summed E-state index contributed by atoms with van der Waals surface area (Å²) in [6.45, 7) is 2.13. The molecule has 0 atom stereocenters. The lowest BCUT2D eigenvalue weighted by Crippen LogP contribution is -2.36. The molecule has 2 aromatic rings. The van der Waals surface area contributed by atoms with E-state index in [-0.39, 0.29) is 24.9 Å². The maximum atomic E-state index is 12.1. The molecule has 5 nitrogen and oxygen atoms in total. The fraction of sp³-hybridized carbons (Fsp3) is 0.222. The van der Waals surface area contributed by atoms with Crippen LogP contribution < -0.4 is 10.6 Å². The van der Waals surface area contributed by atoms with E-state index in [1.165, 1.54) is 0 Å². The number of halogens is 2. The summed E-state index contributed by atoms with van der Waals surface area (Å²) in [6, 6.07) is 12.3. The van der Waals surface area contributed by atoms with Gasteiger partial charge in [-0.2, -0.15) is 0 Å². The van der Waals surface area contributed by atoms with Crippen LogP contribution in [0, 0.1) is 6.92 Å². The molecule has 0 saturated heterocycles. The zero-order valence-corrected chi connectivity index (χ0v) is 15.5. The minimum Gasteiger partial charge on any atom is -0.325 e. The lowest BCUT2D eigenvalue weighted by atomic mass is 10.2. The third kappa shape index (κ3) is 6.74. The van der Waals surface area contributed by atoms with Crippen molar-refractivity contribution in [2.24, 2.45) is 0 Å². The van der Waals surface area contributed by atoms with Crippen molar-refractivity contribution in [3.63, 3.8) is 0 Å². The predicted molar refractivity (Wildman–Crippen MR) is 102 cm³/mol. The molecular weight excluding hydrogens is 361 g/mol. The molecule has 0 saturated carbocycles. The number of nitrogens with zero attached hydrogens (tertiary/aromatic N) is 1. The van der Waals surface area contributed by atoms with E-state index in [1.807, 2.05) is 31.2 Å². The van der Waals surface area contributed by atoms with E-state index in [2.05, 4.69) is 10.6 Å². The van der Waals surface area contributed by atoms with Crippen LogP contribution in [-0.4, -0.2) is 36.9 Å². The Kier molecular flexibility index (Phi) is 6.82. The third-order valence-corrected chi connectivity index (χ3v) is 3.75. The van der Waals surface area contributed by atoms with Gasteiger partial charge in [0, 0.05) is 21.4 Å². The standard InChI is InChI=1S/C18H19Cl2N3O2/c1-12-3-5-15(6-4-12)21-17(24)10-23(2)11-18(25)22-16-8-13(19)7-14(20)9-16/h3-9H,10-11H2,1-2H3,(H,21,24)(H,22,25). The Bertz CT molecular complexity index is 743. The summed E-state index contributed by atoms with van der Waals surface area (Å²) < 4.78 is 0. The van der Waals surface area contributed by atoms with Gasteiger partial charge in [0.25, 0.3) is 0 Å². The van der Waals surface area contributed by atoms with Crippen molar-refractivity contribution in [3.8, 4) is 0 Å². The molecule has 0 heterocycles. The molecule has 0 fully saturated rings. The summed E-state index contributed by atoms with van der Waals surface area (Å²) in [5, 5.41) is 6.37. The molecule has 0 bridgehead atoms. The highest BCUT2D eigenvalue weighted by molar-refractivity contribution is 6.35. The SMILES string of the molecule is Cc1ccc(NC(=O)CN(C)CC(=O)Nc2cc(Cl)cc(Cl)c2)cc1. The van der Waals surface area contributed by atoms with E-state index >= 15 is 0 Å². The van der Waals surface area contributed by atoms with E-state index in [0.29, 0.717) is 15.7 Å². The number of anilines is 2. The fourth-order valence-electron chi connectivity index (χ4n) is 2.21. The first-order chi connectivity index (χ1) is 11.8. The zero-order valence-electron chi connectivity index (χ0n) is 14.0. The second kappa shape index (κ2) is 8.85. The van der Waals surface area contributed by atoms with Gasteiger partial charge in [0.05, 0.1) is 13.1 Å². The highest BCUT2D eigenvalue weighted by Crippen LogP contribution is 2.22. The maximum absolute atomic E-state index is 12.1. The minimum absolute atomic E-state index is 0.0610. The molecule has 0 aliphatic carbocycles. The van der Waals surface area contributed by atoms with Crippen LogP contribution in [0.3, 0.4) is 0 Å². The van der Waals surface area contributed by atoms with Crippen molar-refractivity contribution in [2.75, 3.05) is 30.8 Å². The molecular formula is C18H19Cl2N3O2. The molecule has 2 aromatic carbocycles. The van der Waals surface area contributed by atoms with E-state index in [0.717, 1.165) is 11.3 Å². The van der Waals surface area contributed by atoms with Crippen molar-refractivity contribution >= 4 is 46.4 Å². The summed E-state index contributed by atoms with van der Waals surface area (Å²) in [6.07, 6.45) is 0. The van der Waals surface area contributed by atoms with Crippen LogP contribution in [0.1, 0.15) is 5.56 Å². The topological polar surface area (TPSA) is 61.4 Å². The molecule has 2 amide bonds. The number of benzene rings is 2. The minimum atomic E-state index is -0.260. The average molecular weight is 380 g/mol. The molecule has 0 radical (unpaired) electrons. The Morgan fingerprint density at radius 1 is 0.880 bits per heavy atom. The first-order valence-electron chi connectivity index (χ1n) is 7.63. The average Bonchev–Trinajstić information content (AvgIpc) is 2.47. The summed E-state index contributed by atoms with van der Waals surface area (Å²) in [5.41, 5.74) is 2.36. The van der Waals surface area contributed by atoms with E-state index in [9.17, 15) is 9.59 Å². The van der Waals surface area contributed by atoms with Crippen molar-refractivity contribution in [2.45, 2.75) is 6.92 Å². The van der Waals surface area contributed by atoms with Crippen LogP contribution >= 0.6 is 23.2 Å². The molecule has 0 aliphatic rings. The highest BCUT2D eigenvalue weighted by atomic mass is 35.5. The number of rotatable bonds is 6. The molecule has 132 valence electrons. The van der Waals surface area contributed by atoms with Crippen molar-refractivity contribution in [1.82, 2.24) is 4.90 Å². The normalized spacial score (nSPS) is 10.6. The van der Waals surface area contributed by atoms with E-state index < -0.39 is 0 Å². The van der Waals surface area contributed by atoms with Gasteiger partial charge in [-0.1, -0.05) is 40.9 Å². The fourth-order valence-corrected chi connectivity index (χ4v) is 2.74. The monoisotopic (exact) mass is 379 g/mol. The summed E-state index contributed by atoms with van der Waals surface area (Å²) in [7, 11) is 1.69. The summed E-state index contributed by atoms with van der Waals surface area (Å²) in [5.74, 6) is -0.450. The molecule has 0 unspecified atom stereocenters. The highest BCUT2D eigenvalue weighted by Gasteiger charge is 2.11. The van der Waals surface area contributed by atoms with Gasteiger partial charge in [-0.3, -0.25) is 14.5 Å². The van der Waals surface area contributed by atoms with Gasteiger partial charge in [-0.05, 0) is 44.3 Å². The van der Waals surface area contributed by atoms with Crippen LogP contribution in [0.15, 0.2) is 42.5 Å². The molecule has 2 rings (SSSR count). The predicted octanol–water partition coefficient (Wildman–Crippen LogP) is 3.81. The lowest BCUT2D eigenvalue weighted by molar-refractivity contribution is -0.119. The Balaban J connectivity index is 1.82. The molecule has 25 heavy (non-hydrogen) atoms. The molecule has 0 aromatic heterocycles. The second-order valence-corrected chi connectivity index (χ2v) is 6.67. The van der Waals surface area contributed by atoms with E-state index in [4.69, 9.17) is 23.2 Å². The van der Waals surface area contributed by atoms with Crippen molar-refractivity contribution in [3.05, 3.63) is 58.1 Å².